The molecular formula is C31H37BrN2O3. The molecule has 1 N–H and O–H groups in total. The number of carbonyl (C=O) groups is 2. The van der Waals surface area contributed by atoms with Crippen LogP contribution < -0.4 is 10.1 Å². The van der Waals surface area contributed by atoms with E-state index in [9.17, 15) is 9.59 Å². The van der Waals surface area contributed by atoms with Crippen molar-refractivity contribution >= 4 is 27.7 Å². The van der Waals surface area contributed by atoms with Crippen LogP contribution in [0.25, 0.3) is 0 Å². The van der Waals surface area contributed by atoms with Crippen molar-refractivity contribution in [3.05, 3.63) is 99.5 Å². The van der Waals surface area contributed by atoms with E-state index in [1.165, 1.54) is 5.56 Å². The molecule has 5 nitrogen and oxygen atoms in total. The van der Waals surface area contributed by atoms with Gasteiger partial charge in [0, 0.05) is 19.0 Å². The molecule has 3 aromatic carbocycles. The number of nitrogens with one attached hydrogen (secondary N) is 1. The van der Waals surface area contributed by atoms with E-state index < -0.39 is 6.04 Å². The number of benzene rings is 3. The monoisotopic (exact) mass is 564 g/mol. The molecule has 2 amide bonds. The van der Waals surface area contributed by atoms with Gasteiger partial charge < -0.3 is 15.0 Å². The minimum Gasteiger partial charge on any atom is -0.483 e. The average Bonchev–Trinajstić information content (AvgIpc) is 2.86. The molecule has 1 atom stereocenters. The molecule has 0 unspecified atom stereocenters. The summed E-state index contributed by atoms with van der Waals surface area (Å²) in [5.74, 6) is 0.556. The molecule has 0 heterocycles. The first-order valence-corrected chi connectivity index (χ1v) is 13.6. The third kappa shape index (κ3) is 8.19. The van der Waals surface area contributed by atoms with Crippen LogP contribution in [0.3, 0.4) is 0 Å². The molecule has 0 aliphatic heterocycles. The van der Waals surface area contributed by atoms with Gasteiger partial charge in [-0.1, -0.05) is 74.5 Å². The van der Waals surface area contributed by atoms with E-state index in [2.05, 4.69) is 35.1 Å². The summed E-state index contributed by atoms with van der Waals surface area (Å²) < 4.78 is 6.77. The van der Waals surface area contributed by atoms with Crippen LogP contribution in [0, 0.1) is 6.92 Å². The Morgan fingerprint density at radius 3 is 2.24 bits per heavy atom. The maximum atomic E-state index is 13.7. The lowest BCUT2D eigenvalue weighted by molar-refractivity contribution is -0.143. The minimum atomic E-state index is -0.688. The number of hydrogen-bond acceptors (Lipinski definition) is 3. The molecule has 0 fully saturated rings. The number of carbonyl (C=O) groups excluding carboxylic acids is 2. The summed E-state index contributed by atoms with van der Waals surface area (Å²) in [5.41, 5.74) is 4.23. The molecule has 0 bridgehead atoms. The largest absolute Gasteiger partial charge is 0.483 e. The third-order valence-corrected chi connectivity index (χ3v) is 6.90. The second-order valence-electron chi connectivity index (χ2n) is 9.95. The van der Waals surface area contributed by atoms with E-state index in [1.807, 2.05) is 93.6 Å². The van der Waals surface area contributed by atoms with Crippen molar-refractivity contribution in [3.8, 4) is 5.75 Å². The molecule has 0 saturated carbocycles. The van der Waals surface area contributed by atoms with Gasteiger partial charge in [0.15, 0.2) is 6.61 Å². The highest BCUT2D eigenvalue weighted by Gasteiger charge is 2.31. The van der Waals surface area contributed by atoms with Crippen LogP contribution in [0.4, 0.5) is 0 Å². The number of ether oxygens (including phenoxy) is 1. The molecule has 0 radical (unpaired) electrons. The quantitative estimate of drug-likeness (QED) is 0.292. The van der Waals surface area contributed by atoms with Crippen molar-refractivity contribution in [2.75, 3.05) is 6.61 Å². The molecule has 196 valence electrons. The Bertz CT molecular complexity index is 1190. The van der Waals surface area contributed by atoms with Crippen LogP contribution in [0.2, 0.25) is 0 Å². The third-order valence-electron chi connectivity index (χ3n) is 6.28. The molecule has 3 aromatic rings. The lowest BCUT2D eigenvalue weighted by atomic mass is 10.0. The first-order chi connectivity index (χ1) is 17.7. The van der Waals surface area contributed by atoms with Gasteiger partial charge in [-0.05, 0) is 77.0 Å². The van der Waals surface area contributed by atoms with Crippen LogP contribution in [0.5, 0.6) is 5.75 Å². The first-order valence-electron chi connectivity index (χ1n) is 12.8. The van der Waals surface area contributed by atoms with E-state index in [-0.39, 0.29) is 24.5 Å². The lowest BCUT2D eigenvalue weighted by Gasteiger charge is -2.32. The molecule has 0 aliphatic rings. The highest BCUT2D eigenvalue weighted by atomic mass is 79.9. The van der Waals surface area contributed by atoms with E-state index >= 15 is 0 Å². The first kappa shape index (κ1) is 28.5. The zero-order valence-electron chi connectivity index (χ0n) is 22.3. The predicted molar refractivity (Wildman–Crippen MR) is 153 cm³/mol. The second-order valence-corrected chi connectivity index (χ2v) is 10.8. The van der Waals surface area contributed by atoms with Gasteiger partial charge in [-0.2, -0.15) is 0 Å². The highest BCUT2D eigenvalue weighted by Crippen LogP contribution is 2.29. The maximum Gasteiger partial charge on any atom is 0.261 e. The zero-order valence-corrected chi connectivity index (χ0v) is 23.9. The summed E-state index contributed by atoms with van der Waals surface area (Å²) in [4.78, 5) is 28.9. The van der Waals surface area contributed by atoms with Crippen molar-refractivity contribution in [3.63, 3.8) is 0 Å². The van der Waals surface area contributed by atoms with Crippen LogP contribution in [0.15, 0.2) is 77.3 Å². The number of hydrogen-bond donors (Lipinski definition) is 1. The number of nitrogens with zero attached hydrogens (tertiary/aromatic N) is 1. The molecule has 3 rings (SSSR count). The fraction of sp³-hybridized carbons (Fsp3) is 0.355. The smallest absolute Gasteiger partial charge is 0.261 e. The summed E-state index contributed by atoms with van der Waals surface area (Å²) in [6.45, 7) is 10.3. The number of rotatable bonds is 11. The van der Waals surface area contributed by atoms with Gasteiger partial charge in [-0.15, -0.1) is 0 Å². The Morgan fingerprint density at radius 1 is 0.946 bits per heavy atom. The molecular weight excluding hydrogens is 528 g/mol. The van der Waals surface area contributed by atoms with Crippen LogP contribution in [-0.4, -0.2) is 35.4 Å². The highest BCUT2D eigenvalue weighted by molar-refractivity contribution is 9.10. The second kappa shape index (κ2) is 13.4. The van der Waals surface area contributed by atoms with E-state index in [0.29, 0.717) is 24.6 Å². The Hall–Kier alpha value is -3.12. The Morgan fingerprint density at radius 2 is 1.62 bits per heavy atom. The Kier molecular flexibility index (Phi) is 10.3. The number of halogens is 1. The van der Waals surface area contributed by atoms with Gasteiger partial charge in [-0.3, -0.25) is 9.59 Å². The number of amides is 2. The van der Waals surface area contributed by atoms with Gasteiger partial charge >= 0.3 is 0 Å². The summed E-state index contributed by atoms with van der Waals surface area (Å²) >= 11 is 3.58. The lowest BCUT2D eigenvalue weighted by Crippen LogP contribution is -2.52. The molecule has 0 aromatic heterocycles. The average molecular weight is 566 g/mol. The minimum absolute atomic E-state index is 0.0483. The van der Waals surface area contributed by atoms with Crippen molar-refractivity contribution < 1.29 is 14.3 Å². The zero-order chi connectivity index (χ0) is 26.9. The fourth-order valence-electron chi connectivity index (χ4n) is 4.12. The van der Waals surface area contributed by atoms with Gasteiger partial charge in [0.05, 0.1) is 4.47 Å². The van der Waals surface area contributed by atoms with Crippen molar-refractivity contribution in [1.82, 2.24) is 10.2 Å². The van der Waals surface area contributed by atoms with Crippen molar-refractivity contribution in [2.45, 2.75) is 65.6 Å². The van der Waals surface area contributed by atoms with Gasteiger partial charge in [-0.25, -0.2) is 0 Å². The van der Waals surface area contributed by atoms with Gasteiger partial charge in [0.1, 0.15) is 11.8 Å². The standard InChI is InChI=1S/C31H37BrN2O3/c1-21(2)25-15-16-29(27(32)18-25)37-20-30(35)34(19-26-14-10-9-11-23(26)5)28(31(36)33-22(3)4)17-24-12-7-6-8-13-24/h6-16,18,21-22,28H,17,19-20H2,1-5H3,(H,33,36)/t28-/m1/s1. The summed E-state index contributed by atoms with van der Waals surface area (Å²) in [6, 6.07) is 22.9. The molecule has 6 heteroatoms. The van der Waals surface area contributed by atoms with Crippen molar-refractivity contribution in [1.29, 1.82) is 0 Å². The molecule has 37 heavy (non-hydrogen) atoms. The number of aryl methyl sites for hydroxylation is 1. The molecule has 0 saturated heterocycles. The predicted octanol–water partition coefficient (Wildman–Crippen LogP) is 6.42. The van der Waals surface area contributed by atoms with E-state index in [0.717, 1.165) is 21.2 Å². The van der Waals surface area contributed by atoms with Crippen LogP contribution in [0.1, 0.15) is 55.9 Å². The Labute approximate surface area is 229 Å². The topological polar surface area (TPSA) is 58.6 Å². The summed E-state index contributed by atoms with van der Waals surface area (Å²) in [6.07, 6.45) is 0.407. The van der Waals surface area contributed by atoms with Crippen molar-refractivity contribution in [2.24, 2.45) is 0 Å². The van der Waals surface area contributed by atoms with Gasteiger partial charge in [0.2, 0.25) is 5.91 Å². The van der Waals surface area contributed by atoms with Crippen LogP contribution in [-0.2, 0) is 22.6 Å². The fourth-order valence-corrected chi connectivity index (χ4v) is 4.63. The SMILES string of the molecule is Cc1ccccc1CN(C(=O)COc1ccc(C(C)C)cc1Br)[C@H](Cc1ccccc1)C(=O)NC(C)C. The molecule has 0 spiro atoms. The summed E-state index contributed by atoms with van der Waals surface area (Å²) in [5, 5.41) is 3.02. The summed E-state index contributed by atoms with van der Waals surface area (Å²) in [7, 11) is 0. The molecule has 0 aliphatic carbocycles. The maximum absolute atomic E-state index is 13.7. The van der Waals surface area contributed by atoms with E-state index in [1.54, 1.807) is 4.90 Å². The normalized spacial score (nSPS) is 11.9. The van der Waals surface area contributed by atoms with Crippen LogP contribution >= 0.6 is 15.9 Å². The Balaban J connectivity index is 1.91. The van der Waals surface area contributed by atoms with E-state index in [4.69, 9.17) is 4.74 Å². The van der Waals surface area contributed by atoms with Gasteiger partial charge in [0.25, 0.3) is 5.91 Å².